The Kier molecular flexibility index (Phi) is 5.21. The van der Waals surface area contributed by atoms with Crippen LogP contribution in [0.1, 0.15) is 46.1 Å². The number of hydrogen-bond acceptors (Lipinski definition) is 2. The van der Waals surface area contributed by atoms with E-state index in [0.717, 1.165) is 30.5 Å². The predicted molar refractivity (Wildman–Crippen MR) is 93.2 cm³/mol. The van der Waals surface area contributed by atoms with Crippen LogP contribution in [0.4, 0.5) is 5.69 Å². The number of benzene rings is 1. The average molecular weight is 309 g/mol. The van der Waals surface area contributed by atoms with E-state index in [2.05, 4.69) is 44.7 Å². The Morgan fingerprint density at radius 2 is 1.90 bits per heavy atom. The molecule has 0 radical (unpaired) electrons. The van der Waals surface area contributed by atoms with Crippen molar-refractivity contribution < 1.29 is 0 Å². The highest BCUT2D eigenvalue weighted by Gasteiger charge is 2.29. The molecule has 1 unspecified atom stereocenters. The molecular formula is C18H29ClN2. The minimum atomic E-state index is 0.161. The molecule has 1 atom stereocenters. The van der Waals surface area contributed by atoms with E-state index < -0.39 is 0 Å². The summed E-state index contributed by atoms with van der Waals surface area (Å²) in [5.74, 6) is 0.818. The molecular weight excluding hydrogens is 280 g/mol. The second kappa shape index (κ2) is 6.58. The molecule has 0 amide bonds. The molecule has 2 N–H and O–H groups in total. The lowest BCUT2D eigenvalue weighted by Crippen LogP contribution is -2.38. The molecule has 1 aromatic carbocycles. The first-order valence-corrected chi connectivity index (χ1v) is 8.44. The zero-order chi connectivity index (χ0) is 15.6. The highest BCUT2D eigenvalue weighted by molar-refractivity contribution is 6.30. The highest BCUT2D eigenvalue weighted by atomic mass is 35.5. The van der Waals surface area contributed by atoms with Crippen molar-refractivity contribution in [1.82, 2.24) is 0 Å². The van der Waals surface area contributed by atoms with Gasteiger partial charge in [0.1, 0.15) is 0 Å². The molecule has 0 aliphatic carbocycles. The first-order valence-electron chi connectivity index (χ1n) is 8.06. The Balaban J connectivity index is 2.13. The van der Waals surface area contributed by atoms with Gasteiger partial charge in [0, 0.05) is 29.8 Å². The lowest BCUT2D eigenvalue weighted by molar-refractivity contribution is 0.199. The number of piperidine rings is 1. The number of rotatable bonds is 3. The maximum Gasteiger partial charge on any atom is 0.0410 e. The third kappa shape index (κ3) is 4.37. The lowest BCUT2D eigenvalue weighted by Gasteiger charge is -2.40. The van der Waals surface area contributed by atoms with Gasteiger partial charge in [0.15, 0.2) is 0 Å². The normalized spacial score (nSPS) is 18.9. The van der Waals surface area contributed by atoms with Crippen LogP contribution in [0, 0.1) is 11.3 Å². The van der Waals surface area contributed by atoms with Gasteiger partial charge in [0.2, 0.25) is 0 Å². The molecule has 1 saturated heterocycles. The van der Waals surface area contributed by atoms with Gasteiger partial charge in [-0.05, 0) is 61.3 Å². The summed E-state index contributed by atoms with van der Waals surface area (Å²) in [6.07, 6.45) is 3.42. The minimum Gasteiger partial charge on any atom is -0.371 e. The lowest BCUT2D eigenvalue weighted by atomic mass is 9.75. The van der Waals surface area contributed by atoms with Crippen molar-refractivity contribution >= 4 is 17.3 Å². The third-order valence-corrected chi connectivity index (χ3v) is 4.88. The average Bonchev–Trinajstić information content (AvgIpc) is 2.37. The molecule has 1 aromatic rings. The molecule has 2 nitrogen and oxygen atoms in total. The summed E-state index contributed by atoms with van der Waals surface area (Å²) < 4.78 is 0. The maximum absolute atomic E-state index is 6.16. The van der Waals surface area contributed by atoms with Crippen molar-refractivity contribution in [3.63, 3.8) is 0 Å². The molecule has 1 aliphatic rings. The number of anilines is 1. The van der Waals surface area contributed by atoms with Crippen molar-refractivity contribution in [2.45, 2.75) is 53.0 Å². The van der Waals surface area contributed by atoms with Crippen LogP contribution in [0.2, 0.25) is 5.02 Å². The van der Waals surface area contributed by atoms with Gasteiger partial charge in [0.25, 0.3) is 0 Å². The van der Waals surface area contributed by atoms with Crippen molar-refractivity contribution in [3.05, 3.63) is 28.8 Å². The highest BCUT2D eigenvalue weighted by Crippen LogP contribution is 2.36. The van der Waals surface area contributed by atoms with Gasteiger partial charge < -0.3 is 10.6 Å². The van der Waals surface area contributed by atoms with Crippen LogP contribution < -0.4 is 10.6 Å². The maximum atomic E-state index is 6.16. The van der Waals surface area contributed by atoms with E-state index in [9.17, 15) is 0 Å². The van der Waals surface area contributed by atoms with E-state index in [-0.39, 0.29) is 6.04 Å². The van der Waals surface area contributed by atoms with Crippen molar-refractivity contribution in [1.29, 1.82) is 0 Å². The number of nitrogens with two attached hydrogens (primary N) is 1. The fourth-order valence-corrected chi connectivity index (χ4v) is 3.55. The van der Waals surface area contributed by atoms with Crippen LogP contribution in [0.15, 0.2) is 18.2 Å². The van der Waals surface area contributed by atoms with Crippen molar-refractivity contribution in [2.75, 3.05) is 18.0 Å². The van der Waals surface area contributed by atoms with Crippen LogP contribution >= 0.6 is 11.6 Å². The van der Waals surface area contributed by atoms with E-state index in [1.54, 1.807) is 0 Å². The van der Waals surface area contributed by atoms with Gasteiger partial charge in [-0.15, -0.1) is 0 Å². The molecule has 1 aliphatic heterocycles. The van der Waals surface area contributed by atoms with Crippen LogP contribution in [0.25, 0.3) is 0 Å². The summed E-state index contributed by atoms with van der Waals surface area (Å²) in [4.78, 5) is 2.51. The minimum absolute atomic E-state index is 0.161. The van der Waals surface area contributed by atoms with Crippen LogP contribution in [0.3, 0.4) is 0 Å². The molecule has 1 heterocycles. The zero-order valence-electron chi connectivity index (χ0n) is 13.8. The number of halogens is 1. The molecule has 3 heteroatoms. The Labute approximate surface area is 134 Å². The topological polar surface area (TPSA) is 29.3 Å². The summed E-state index contributed by atoms with van der Waals surface area (Å²) in [5, 5.41) is 0.805. The molecule has 2 rings (SSSR count). The van der Waals surface area contributed by atoms with Gasteiger partial charge in [-0.25, -0.2) is 0 Å². The van der Waals surface area contributed by atoms with Crippen molar-refractivity contribution in [3.8, 4) is 0 Å². The molecule has 0 aromatic heterocycles. The fraction of sp³-hybridized carbons (Fsp3) is 0.667. The molecule has 0 bridgehead atoms. The largest absolute Gasteiger partial charge is 0.371 e. The number of hydrogen-bond donors (Lipinski definition) is 1. The van der Waals surface area contributed by atoms with Crippen LogP contribution in [-0.4, -0.2) is 19.1 Å². The molecule has 21 heavy (non-hydrogen) atoms. The summed E-state index contributed by atoms with van der Waals surface area (Å²) in [6, 6.07) is 6.40. The summed E-state index contributed by atoms with van der Waals surface area (Å²) in [7, 11) is 0. The Hall–Kier alpha value is -0.730. The molecule has 0 spiro atoms. The second-order valence-corrected chi connectivity index (χ2v) is 8.02. The summed E-state index contributed by atoms with van der Waals surface area (Å²) in [5.41, 5.74) is 9.02. The Morgan fingerprint density at radius 3 is 2.43 bits per heavy atom. The summed E-state index contributed by atoms with van der Waals surface area (Å²) in [6.45, 7) is 11.4. The SMILES string of the molecule is CC(N)Cc1cc(Cl)ccc1N1CCC(C(C)(C)C)CC1. The zero-order valence-corrected chi connectivity index (χ0v) is 14.6. The summed E-state index contributed by atoms with van der Waals surface area (Å²) >= 11 is 6.16. The van der Waals surface area contributed by atoms with Crippen LogP contribution in [-0.2, 0) is 6.42 Å². The number of nitrogens with zero attached hydrogens (tertiary/aromatic N) is 1. The second-order valence-electron chi connectivity index (χ2n) is 7.58. The van der Waals surface area contributed by atoms with Gasteiger partial charge in [0.05, 0.1) is 0 Å². The standard InChI is InChI=1S/C18H29ClN2/c1-13(20)11-14-12-16(19)5-6-17(14)21-9-7-15(8-10-21)18(2,3)4/h5-6,12-13,15H,7-11,20H2,1-4H3. The van der Waals surface area contributed by atoms with E-state index in [0.29, 0.717) is 5.41 Å². The smallest absolute Gasteiger partial charge is 0.0410 e. The van der Waals surface area contributed by atoms with E-state index >= 15 is 0 Å². The first-order chi connectivity index (χ1) is 9.77. The van der Waals surface area contributed by atoms with Crippen molar-refractivity contribution in [2.24, 2.45) is 17.1 Å². The van der Waals surface area contributed by atoms with Crippen LogP contribution in [0.5, 0.6) is 0 Å². The van der Waals surface area contributed by atoms with Gasteiger partial charge >= 0.3 is 0 Å². The first kappa shape index (κ1) is 16.6. The quantitative estimate of drug-likeness (QED) is 0.891. The van der Waals surface area contributed by atoms with Gasteiger partial charge in [-0.2, -0.15) is 0 Å². The Morgan fingerprint density at radius 1 is 1.29 bits per heavy atom. The molecule has 1 fully saturated rings. The molecule has 0 saturated carbocycles. The predicted octanol–water partition coefficient (Wildman–Crippen LogP) is 4.49. The Bertz CT molecular complexity index is 469. The van der Waals surface area contributed by atoms with E-state index in [4.69, 9.17) is 17.3 Å². The molecule has 118 valence electrons. The van der Waals surface area contributed by atoms with E-state index in [1.165, 1.54) is 24.1 Å². The third-order valence-electron chi connectivity index (χ3n) is 4.64. The van der Waals surface area contributed by atoms with Gasteiger partial charge in [-0.3, -0.25) is 0 Å². The monoisotopic (exact) mass is 308 g/mol. The fourth-order valence-electron chi connectivity index (χ4n) is 3.36. The van der Waals surface area contributed by atoms with Gasteiger partial charge in [-0.1, -0.05) is 32.4 Å². The van der Waals surface area contributed by atoms with E-state index in [1.807, 2.05) is 6.07 Å².